The van der Waals surface area contributed by atoms with Gasteiger partial charge < -0.3 is 10.1 Å². The smallest absolute Gasteiger partial charge is 0.277 e. The van der Waals surface area contributed by atoms with Crippen LogP contribution in [0.4, 0.5) is 17.1 Å². The standard InChI is InChI=1S/C18H20N4O8S/c1-4-20(5-2)31(28,29)15-6-7-17(30-3)16(11-15)19-18(23)12-8-13(21(24)25)10-14(9-12)22(26)27/h6-11H,4-5H2,1-3H3,(H,19,23). The number of rotatable bonds is 9. The second kappa shape index (κ2) is 9.49. The van der Waals surface area contributed by atoms with Crippen LogP contribution in [0.15, 0.2) is 41.3 Å². The molecule has 0 heterocycles. The quantitative estimate of drug-likeness (QED) is 0.448. The zero-order valence-corrected chi connectivity index (χ0v) is 17.7. The van der Waals surface area contributed by atoms with E-state index in [9.17, 15) is 33.4 Å². The predicted octanol–water partition coefficient (Wildman–Crippen LogP) is 2.79. The third-order valence-corrected chi connectivity index (χ3v) is 6.39. The molecule has 0 aliphatic heterocycles. The molecule has 1 N–H and O–H groups in total. The molecule has 0 aliphatic rings. The van der Waals surface area contributed by atoms with Crippen molar-refractivity contribution in [1.29, 1.82) is 0 Å². The number of hydrogen-bond donors (Lipinski definition) is 1. The number of hydrogen-bond acceptors (Lipinski definition) is 8. The molecule has 0 unspecified atom stereocenters. The number of non-ortho nitro benzene ring substituents is 2. The highest BCUT2D eigenvalue weighted by molar-refractivity contribution is 7.89. The van der Waals surface area contributed by atoms with Gasteiger partial charge in [-0.05, 0) is 18.2 Å². The topological polar surface area (TPSA) is 162 Å². The Balaban J connectivity index is 2.50. The number of anilines is 1. The van der Waals surface area contributed by atoms with Crippen LogP contribution in [0.5, 0.6) is 5.75 Å². The van der Waals surface area contributed by atoms with Crippen molar-refractivity contribution in [3.63, 3.8) is 0 Å². The Hall–Kier alpha value is -3.58. The van der Waals surface area contributed by atoms with Gasteiger partial charge in [0.25, 0.3) is 17.3 Å². The molecule has 12 nitrogen and oxygen atoms in total. The monoisotopic (exact) mass is 452 g/mol. The molecular weight excluding hydrogens is 432 g/mol. The van der Waals surface area contributed by atoms with Crippen LogP contribution in [0.2, 0.25) is 0 Å². The lowest BCUT2D eigenvalue weighted by molar-refractivity contribution is -0.394. The van der Waals surface area contributed by atoms with Crippen molar-refractivity contribution in [1.82, 2.24) is 4.31 Å². The van der Waals surface area contributed by atoms with Crippen molar-refractivity contribution < 1.29 is 27.8 Å². The highest BCUT2D eigenvalue weighted by Crippen LogP contribution is 2.30. The van der Waals surface area contributed by atoms with E-state index in [2.05, 4.69) is 5.32 Å². The Labute approximate surface area is 177 Å². The average molecular weight is 452 g/mol. The summed E-state index contributed by atoms with van der Waals surface area (Å²) in [5, 5.41) is 24.5. The Morgan fingerprint density at radius 1 is 1.03 bits per heavy atom. The van der Waals surface area contributed by atoms with Crippen molar-refractivity contribution in [3.05, 3.63) is 62.2 Å². The van der Waals surface area contributed by atoms with Crippen LogP contribution in [0.25, 0.3) is 0 Å². The molecule has 0 saturated carbocycles. The van der Waals surface area contributed by atoms with E-state index in [1.165, 1.54) is 29.6 Å². The van der Waals surface area contributed by atoms with Gasteiger partial charge in [0.2, 0.25) is 10.0 Å². The summed E-state index contributed by atoms with van der Waals surface area (Å²) >= 11 is 0. The minimum atomic E-state index is -3.84. The molecule has 0 spiro atoms. The number of nitro groups is 2. The highest BCUT2D eigenvalue weighted by Gasteiger charge is 2.24. The molecule has 0 bridgehead atoms. The summed E-state index contributed by atoms with van der Waals surface area (Å²) in [6, 6.07) is 6.35. The second-order valence-electron chi connectivity index (χ2n) is 6.16. The SMILES string of the molecule is CCN(CC)S(=O)(=O)c1ccc(OC)c(NC(=O)c2cc([N+](=O)[O-])cc([N+](=O)[O-])c2)c1. The number of nitrogens with one attached hydrogen (secondary N) is 1. The van der Waals surface area contributed by atoms with E-state index in [4.69, 9.17) is 4.74 Å². The van der Waals surface area contributed by atoms with Crippen LogP contribution in [-0.2, 0) is 10.0 Å². The number of ether oxygens (including phenoxy) is 1. The second-order valence-corrected chi connectivity index (χ2v) is 8.10. The maximum absolute atomic E-state index is 12.8. The normalized spacial score (nSPS) is 11.2. The molecule has 0 aromatic heterocycles. The van der Waals surface area contributed by atoms with E-state index in [-0.39, 0.29) is 35.0 Å². The molecule has 0 saturated heterocycles. The van der Waals surface area contributed by atoms with Gasteiger partial charge in [-0.15, -0.1) is 0 Å². The maximum atomic E-state index is 12.8. The lowest BCUT2D eigenvalue weighted by Gasteiger charge is -2.19. The third kappa shape index (κ3) is 5.13. The Morgan fingerprint density at radius 3 is 2.03 bits per heavy atom. The number of sulfonamides is 1. The Morgan fingerprint density at radius 2 is 1.58 bits per heavy atom. The van der Waals surface area contributed by atoms with Gasteiger partial charge in [0.1, 0.15) is 5.75 Å². The molecule has 0 aliphatic carbocycles. The van der Waals surface area contributed by atoms with E-state index in [0.717, 1.165) is 18.2 Å². The summed E-state index contributed by atoms with van der Waals surface area (Å²) in [4.78, 5) is 32.9. The van der Waals surface area contributed by atoms with E-state index in [1.54, 1.807) is 13.8 Å². The predicted molar refractivity (Wildman–Crippen MR) is 111 cm³/mol. The zero-order chi connectivity index (χ0) is 23.3. The fourth-order valence-corrected chi connectivity index (χ4v) is 4.27. The van der Waals surface area contributed by atoms with Crippen molar-refractivity contribution in [2.75, 3.05) is 25.5 Å². The Kier molecular flexibility index (Phi) is 7.25. The Bertz CT molecular complexity index is 1100. The van der Waals surface area contributed by atoms with Crippen LogP contribution in [0, 0.1) is 20.2 Å². The first-order valence-electron chi connectivity index (χ1n) is 8.98. The summed E-state index contributed by atoms with van der Waals surface area (Å²) < 4.78 is 31.9. The zero-order valence-electron chi connectivity index (χ0n) is 16.9. The molecule has 13 heteroatoms. The van der Waals surface area contributed by atoms with Crippen molar-refractivity contribution >= 4 is 33.0 Å². The van der Waals surface area contributed by atoms with Gasteiger partial charge in [0.15, 0.2) is 0 Å². The molecule has 0 atom stereocenters. The molecule has 2 rings (SSSR count). The number of amides is 1. The van der Waals surface area contributed by atoms with Crippen molar-refractivity contribution in [3.8, 4) is 5.75 Å². The fourth-order valence-electron chi connectivity index (χ4n) is 2.79. The average Bonchev–Trinajstić information content (AvgIpc) is 2.73. The first kappa shape index (κ1) is 23.7. The van der Waals surface area contributed by atoms with E-state index >= 15 is 0 Å². The molecule has 166 valence electrons. The highest BCUT2D eigenvalue weighted by atomic mass is 32.2. The van der Waals surface area contributed by atoms with Crippen LogP contribution in [0.3, 0.4) is 0 Å². The number of nitro benzene ring substituents is 2. The molecule has 31 heavy (non-hydrogen) atoms. The van der Waals surface area contributed by atoms with Gasteiger partial charge in [0, 0.05) is 25.2 Å². The molecule has 1 amide bonds. The molecule has 2 aromatic rings. The van der Waals surface area contributed by atoms with Gasteiger partial charge >= 0.3 is 0 Å². The number of carbonyl (C=O) groups excluding carboxylic acids is 1. The molecule has 0 fully saturated rings. The van der Waals surface area contributed by atoms with Gasteiger partial charge in [-0.3, -0.25) is 25.0 Å². The van der Waals surface area contributed by atoms with E-state index < -0.39 is 37.2 Å². The number of methoxy groups -OCH3 is 1. The number of nitrogens with zero attached hydrogens (tertiary/aromatic N) is 3. The summed E-state index contributed by atoms with van der Waals surface area (Å²) in [6.45, 7) is 3.85. The van der Waals surface area contributed by atoms with Crippen molar-refractivity contribution in [2.45, 2.75) is 18.7 Å². The summed E-state index contributed by atoms with van der Waals surface area (Å²) in [6.07, 6.45) is 0. The van der Waals surface area contributed by atoms with Crippen LogP contribution < -0.4 is 10.1 Å². The molecular formula is C18H20N4O8S. The van der Waals surface area contributed by atoms with Crippen LogP contribution in [0.1, 0.15) is 24.2 Å². The van der Waals surface area contributed by atoms with E-state index in [1.807, 2.05) is 0 Å². The summed E-state index contributed by atoms with van der Waals surface area (Å²) in [5.41, 5.74) is -1.64. The maximum Gasteiger partial charge on any atom is 0.277 e. The summed E-state index contributed by atoms with van der Waals surface area (Å²) in [7, 11) is -2.53. The van der Waals surface area contributed by atoms with Gasteiger partial charge in [-0.1, -0.05) is 13.8 Å². The minimum Gasteiger partial charge on any atom is -0.495 e. The molecule has 2 aromatic carbocycles. The van der Waals surface area contributed by atoms with Gasteiger partial charge in [0.05, 0.1) is 39.2 Å². The largest absolute Gasteiger partial charge is 0.495 e. The first-order chi connectivity index (χ1) is 14.5. The first-order valence-corrected chi connectivity index (χ1v) is 10.4. The lowest BCUT2D eigenvalue weighted by Crippen LogP contribution is -2.30. The molecule has 0 radical (unpaired) electrons. The van der Waals surface area contributed by atoms with Gasteiger partial charge in [-0.25, -0.2) is 8.42 Å². The van der Waals surface area contributed by atoms with Crippen molar-refractivity contribution in [2.24, 2.45) is 0 Å². The van der Waals surface area contributed by atoms with Crippen LogP contribution in [-0.4, -0.2) is 48.7 Å². The third-order valence-electron chi connectivity index (χ3n) is 4.35. The summed E-state index contributed by atoms with van der Waals surface area (Å²) in [5.74, 6) is -0.783. The minimum absolute atomic E-state index is 0.0186. The van der Waals surface area contributed by atoms with Gasteiger partial charge in [-0.2, -0.15) is 4.31 Å². The fraction of sp³-hybridized carbons (Fsp3) is 0.278. The lowest BCUT2D eigenvalue weighted by atomic mass is 10.1. The number of benzene rings is 2. The number of carbonyl (C=O) groups is 1. The van der Waals surface area contributed by atoms with Crippen LogP contribution >= 0.6 is 0 Å². The van der Waals surface area contributed by atoms with E-state index in [0.29, 0.717) is 0 Å².